The molecule has 0 radical (unpaired) electrons. The van der Waals surface area contributed by atoms with Gasteiger partial charge in [0, 0.05) is 5.56 Å². The third-order valence-corrected chi connectivity index (χ3v) is 5.00. The molecule has 1 aliphatic carbocycles. The molecule has 1 unspecified atom stereocenters. The van der Waals surface area contributed by atoms with Gasteiger partial charge >= 0.3 is 0 Å². The van der Waals surface area contributed by atoms with E-state index in [1.165, 1.54) is 12.4 Å². The van der Waals surface area contributed by atoms with Gasteiger partial charge in [-0.3, -0.25) is 0 Å². The first-order valence-corrected chi connectivity index (χ1v) is 9.31. The van der Waals surface area contributed by atoms with Gasteiger partial charge in [0.1, 0.15) is 29.7 Å². The fourth-order valence-electron chi connectivity index (χ4n) is 3.56. The monoisotopic (exact) mass is 384 g/mol. The van der Waals surface area contributed by atoms with Crippen molar-refractivity contribution in [3.8, 4) is 23.1 Å². The molecule has 2 aromatic heterocycles. The summed E-state index contributed by atoms with van der Waals surface area (Å²) in [5.74, 6) is 0.219. The minimum absolute atomic E-state index is 0.0485. The topological polar surface area (TPSA) is 114 Å². The van der Waals surface area contributed by atoms with Crippen LogP contribution in [0.2, 0.25) is 0 Å². The Morgan fingerprint density at radius 2 is 2.14 bits per heavy atom. The van der Waals surface area contributed by atoms with Crippen molar-refractivity contribution in [2.75, 3.05) is 5.73 Å². The lowest BCUT2D eigenvalue weighted by molar-refractivity contribution is 0.438. The number of phenolic OH excluding ortho intramolecular Hbond substituents is 1. The molecular formula is C22H20N6O. The van der Waals surface area contributed by atoms with Gasteiger partial charge in [-0.1, -0.05) is 42.5 Å². The van der Waals surface area contributed by atoms with Crippen LogP contribution in [0.4, 0.5) is 5.82 Å². The molecule has 3 aromatic rings. The van der Waals surface area contributed by atoms with E-state index in [4.69, 9.17) is 16.1 Å². The second kappa shape index (κ2) is 7.60. The molecule has 0 aliphatic heterocycles. The molecule has 2 heterocycles. The molecule has 0 amide bonds. The summed E-state index contributed by atoms with van der Waals surface area (Å²) >= 11 is 0. The smallest absolute Gasteiger partial charge is 0.164 e. The van der Waals surface area contributed by atoms with Gasteiger partial charge < -0.3 is 10.8 Å². The summed E-state index contributed by atoms with van der Waals surface area (Å²) in [6.07, 6.45) is 12.1. The van der Waals surface area contributed by atoms with Crippen molar-refractivity contribution in [1.29, 1.82) is 5.26 Å². The van der Waals surface area contributed by atoms with Crippen LogP contribution in [-0.2, 0) is 0 Å². The lowest BCUT2D eigenvalue weighted by Crippen LogP contribution is -2.12. The summed E-state index contributed by atoms with van der Waals surface area (Å²) in [5, 5.41) is 24.7. The number of nitrogen functional groups attached to an aromatic ring is 1. The lowest BCUT2D eigenvalue weighted by atomic mass is 10.0. The Morgan fingerprint density at radius 3 is 2.93 bits per heavy atom. The quantitative estimate of drug-likeness (QED) is 0.689. The van der Waals surface area contributed by atoms with Crippen LogP contribution in [0.5, 0.6) is 5.75 Å². The number of nitrogens with zero attached hydrogens (tertiary/aromatic N) is 5. The zero-order chi connectivity index (χ0) is 20.4. The van der Waals surface area contributed by atoms with E-state index in [9.17, 15) is 5.11 Å². The molecule has 0 fully saturated rings. The van der Waals surface area contributed by atoms with Crippen LogP contribution in [0.3, 0.4) is 0 Å². The molecule has 7 heteroatoms. The van der Waals surface area contributed by atoms with E-state index in [1.54, 1.807) is 12.1 Å². The van der Waals surface area contributed by atoms with E-state index in [0.29, 0.717) is 28.1 Å². The highest BCUT2D eigenvalue weighted by atomic mass is 16.3. The molecule has 0 bridgehead atoms. The Kier molecular flexibility index (Phi) is 4.83. The van der Waals surface area contributed by atoms with Gasteiger partial charge in [-0.25, -0.2) is 14.6 Å². The summed E-state index contributed by atoms with van der Waals surface area (Å²) < 4.78 is 1.89. The van der Waals surface area contributed by atoms with Gasteiger partial charge in [0.05, 0.1) is 17.0 Å². The van der Waals surface area contributed by atoms with Crippen LogP contribution in [0.25, 0.3) is 22.3 Å². The molecule has 1 aromatic carbocycles. The SMILES string of the molecule is C=C1/C=C\C=C/CCC(n2nc(-c3ccc(C#N)c(O)c3)c3c(N)ncnc32)C1. The van der Waals surface area contributed by atoms with Crippen LogP contribution in [0.15, 0.2) is 61.0 Å². The molecule has 0 saturated heterocycles. The number of benzene rings is 1. The fraction of sp³-hybridized carbons (Fsp3) is 0.182. The Labute approximate surface area is 168 Å². The number of aromatic hydroxyl groups is 1. The maximum absolute atomic E-state index is 10.1. The van der Waals surface area contributed by atoms with Crippen molar-refractivity contribution in [2.45, 2.75) is 25.3 Å². The van der Waals surface area contributed by atoms with Gasteiger partial charge in [0.15, 0.2) is 5.65 Å². The van der Waals surface area contributed by atoms with E-state index in [-0.39, 0.29) is 17.4 Å². The first-order chi connectivity index (χ1) is 14.1. The van der Waals surface area contributed by atoms with Crippen LogP contribution in [0.1, 0.15) is 30.9 Å². The third-order valence-electron chi connectivity index (χ3n) is 5.00. The normalized spacial score (nSPS) is 19.1. The summed E-state index contributed by atoms with van der Waals surface area (Å²) in [4.78, 5) is 8.58. The Hall–Kier alpha value is -3.92. The summed E-state index contributed by atoms with van der Waals surface area (Å²) in [6, 6.07) is 6.83. The number of nitrogens with two attached hydrogens (primary N) is 1. The average molecular weight is 384 g/mol. The van der Waals surface area contributed by atoms with Crippen molar-refractivity contribution < 1.29 is 5.11 Å². The molecular weight excluding hydrogens is 364 g/mol. The standard InChI is InChI=1S/C22H20N6O/c1-14-6-4-2-3-5-7-17(10-14)28-22-19(21(24)25-13-26-22)20(27-28)15-8-9-16(12-23)18(29)11-15/h2-4,6,8-9,11,13,17,29H,1,5,7,10H2,(H2,24,25,26)/b3-2-,6-4-. The Morgan fingerprint density at radius 1 is 1.28 bits per heavy atom. The number of allylic oxidation sites excluding steroid dienone is 5. The zero-order valence-corrected chi connectivity index (χ0v) is 15.8. The van der Waals surface area contributed by atoms with Crippen LogP contribution in [0, 0.1) is 11.3 Å². The van der Waals surface area contributed by atoms with Crippen molar-refractivity contribution in [1.82, 2.24) is 19.7 Å². The van der Waals surface area contributed by atoms with Crippen molar-refractivity contribution >= 4 is 16.9 Å². The number of anilines is 1. The fourth-order valence-corrected chi connectivity index (χ4v) is 3.56. The molecule has 1 atom stereocenters. The molecule has 4 rings (SSSR count). The van der Waals surface area contributed by atoms with Gasteiger partial charge in [0.25, 0.3) is 0 Å². The zero-order valence-electron chi connectivity index (χ0n) is 15.8. The predicted molar refractivity (Wildman–Crippen MR) is 112 cm³/mol. The lowest BCUT2D eigenvalue weighted by Gasteiger charge is -2.17. The molecule has 29 heavy (non-hydrogen) atoms. The molecule has 144 valence electrons. The van der Waals surface area contributed by atoms with Crippen molar-refractivity contribution in [2.24, 2.45) is 0 Å². The van der Waals surface area contributed by atoms with Crippen LogP contribution < -0.4 is 5.73 Å². The largest absolute Gasteiger partial charge is 0.507 e. The van der Waals surface area contributed by atoms with Crippen LogP contribution >= 0.6 is 0 Å². The predicted octanol–water partition coefficient (Wildman–Crippen LogP) is 4.05. The van der Waals surface area contributed by atoms with Crippen molar-refractivity contribution in [3.05, 3.63) is 66.5 Å². The maximum atomic E-state index is 10.1. The number of phenols is 1. The number of rotatable bonds is 2. The van der Waals surface area contributed by atoms with E-state index in [0.717, 1.165) is 24.8 Å². The number of hydrogen-bond acceptors (Lipinski definition) is 6. The minimum Gasteiger partial charge on any atom is -0.507 e. The summed E-state index contributed by atoms with van der Waals surface area (Å²) in [5.41, 5.74) is 9.25. The first-order valence-electron chi connectivity index (χ1n) is 9.31. The second-order valence-corrected chi connectivity index (χ2v) is 6.98. The average Bonchev–Trinajstić information content (AvgIpc) is 3.13. The molecule has 1 aliphatic rings. The molecule has 0 spiro atoms. The minimum atomic E-state index is -0.103. The van der Waals surface area contributed by atoms with Crippen molar-refractivity contribution in [3.63, 3.8) is 0 Å². The van der Waals surface area contributed by atoms with Gasteiger partial charge in [-0.15, -0.1) is 0 Å². The Bertz CT molecular complexity index is 1200. The molecule has 7 nitrogen and oxygen atoms in total. The summed E-state index contributed by atoms with van der Waals surface area (Å²) in [7, 11) is 0. The molecule has 3 N–H and O–H groups in total. The van der Waals surface area contributed by atoms with E-state index in [2.05, 4.69) is 22.6 Å². The highest BCUT2D eigenvalue weighted by Gasteiger charge is 2.23. The highest BCUT2D eigenvalue weighted by molar-refractivity contribution is 5.98. The summed E-state index contributed by atoms with van der Waals surface area (Å²) in [6.45, 7) is 4.14. The maximum Gasteiger partial charge on any atom is 0.164 e. The Balaban J connectivity index is 1.88. The van der Waals surface area contributed by atoms with E-state index in [1.807, 2.05) is 29.0 Å². The highest BCUT2D eigenvalue weighted by Crippen LogP contribution is 2.36. The third kappa shape index (κ3) is 3.48. The van der Waals surface area contributed by atoms with Gasteiger partial charge in [-0.2, -0.15) is 10.4 Å². The van der Waals surface area contributed by atoms with E-state index < -0.39 is 0 Å². The van der Waals surface area contributed by atoms with Crippen LogP contribution in [-0.4, -0.2) is 24.9 Å². The number of aromatic nitrogens is 4. The number of hydrogen-bond donors (Lipinski definition) is 2. The van der Waals surface area contributed by atoms with E-state index >= 15 is 0 Å². The number of fused-ring (bicyclic) bond motifs is 1. The second-order valence-electron chi connectivity index (χ2n) is 6.98. The van der Waals surface area contributed by atoms with Gasteiger partial charge in [-0.05, 0) is 31.4 Å². The van der Waals surface area contributed by atoms with Gasteiger partial charge in [0.2, 0.25) is 0 Å². The molecule has 0 saturated carbocycles. The first kappa shape index (κ1) is 18.4. The number of nitriles is 1.